The Hall–Kier alpha value is -0.900. The van der Waals surface area contributed by atoms with E-state index < -0.39 is 0 Å². The number of hydrogen-bond donors (Lipinski definition) is 1. The Balaban J connectivity index is 1.57. The molecule has 2 unspecified atom stereocenters. The second-order valence-corrected chi connectivity index (χ2v) is 7.02. The molecular weight excluding hydrogens is 258 g/mol. The summed E-state index contributed by atoms with van der Waals surface area (Å²) in [6, 6.07) is 9.81. The van der Waals surface area contributed by atoms with Crippen LogP contribution in [0, 0.1) is 0 Å². The van der Waals surface area contributed by atoms with Gasteiger partial charge in [-0.1, -0.05) is 38.1 Å². The normalized spacial score (nSPS) is 25.2. The van der Waals surface area contributed by atoms with Crippen molar-refractivity contribution in [3.8, 4) is 0 Å². The Morgan fingerprint density at radius 1 is 1.10 bits per heavy atom. The SMILES string of the molecule is CC(C)c1ccc(C(N)CN2CCN3CCCC3C2)cc1. The first-order valence-corrected chi connectivity index (χ1v) is 8.45. The first kappa shape index (κ1) is 15.0. The van der Waals surface area contributed by atoms with Crippen molar-refractivity contribution < 1.29 is 0 Å². The molecule has 0 radical (unpaired) electrons. The molecule has 0 spiro atoms. The van der Waals surface area contributed by atoms with Crippen LogP contribution in [0.25, 0.3) is 0 Å². The minimum absolute atomic E-state index is 0.138. The highest BCUT2D eigenvalue weighted by molar-refractivity contribution is 5.26. The van der Waals surface area contributed by atoms with E-state index in [9.17, 15) is 0 Å². The predicted octanol–water partition coefficient (Wildman–Crippen LogP) is 2.59. The fourth-order valence-electron chi connectivity index (χ4n) is 3.73. The molecule has 3 heteroatoms. The van der Waals surface area contributed by atoms with Crippen molar-refractivity contribution >= 4 is 0 Å². The molecule has 21 heavy (non-hydrogen) atoms. The number of fused-ring (bicyclic) bond motifs is 1. The zero-order valence-electron chi connectivity index (χ0n) is 13.5. The smallest absolute Gasteiger partial charge is 0.0424 e. The molecule has 1 aromatic carbocycles. The van der Waals surface area contributed by atoms with Crippen molar-refractivity contribution in [3.05, 3.63) is 35.4 Å². The summed E-state index contributed by atoms with van der Waals surface area (Å²) in [5, 5.41) is 0. The number of nitrogens with zero attached hydrogens (tertiary/aromatic N) is 2. The molecule has 1 aromatic rings. The summed E-state index contributed by atoms with van der Waals surface area (Å²) in [7, 11) is 0. The van der Waals surface area contributed by atoms with Crippen molar-refractivity contribution in [1.82, 2.24) is 9.80 Å². The largest absolute Gasteiger partial charge is 0.323 e. The quantitative estimate of drug-likeness (QED) is 0.924. The summed E-state index contributed by atoms with van der Waals surface area (Å²) in [6.07, 6.45) is 2.75. The summed E-state index contributed by atoms with van der Waals surface area (Å²) in [4.78, 5) is 5.22. The third-order valence-corrected chi connectivity index (χ3v) is 5.16. The van der Waals surface area contributed by atoms with Gasteiger partial charge in [-0.25, -0.2) is 0 Å². The van der Waals surface area contributed by atoms with E-state index in [2.05, 4.69) is 47.9 Å². The van der Waals surface area contributed by atoms with E-state index in [-0.39, 0.29) is 6.04 Å². The fraction of sp³-hybridized carbons (Fsp3) is 0.667. The van der Waals surface area contributed by atoms with Crippen LogP contribution in [0.4, 0.5) is 0 Å². The van der Waals surface area contributed by atoms with Gasteiger partial charge in [0.1, 0.15) is 0 Å². The summed E-state index contributed by atoms with van der Waals surface area (Å²) in [5.74, 6) is 0.589. The monoisotopic (exact) mass is 287 g/mol. The maximum atomic E-state index is 6.43. The Kier molecular flexibility index (Phi) is 4.63. The van der Waals surface area contributed by atoms with E-state index in [4.69, 9.17) is 5.73 Å². The first-order chi connectivity index (χ1) is 10.1. The van der Waals surface area contributed by atoms with E-state index in [0.717, 1.165) is 12.6 Å². The second kappa shape index (κ2) is 6.47. The Morgan fingerprint density at radius 2 is 1.81 bits per heavy atom. The van der Waals surface area contributed by atoms with Gasteiger partial charge in [-0.3, -0.25) is 9.80 Å². The van der Waals surface area contributed by atoms with Gasteiger partial charge in [0.25, 0.3) is 0 Å². The van der Waals surface area contributed by atoms with Gasteiger partial charge in [-0.2, -0.15) is 0 Å². The molecule has 0 bridgehead atoms. The minimum Gasteiger partial charge on any atom is -0.323 e. The molecule has 2 saturated heterocycles. The van der Waals surface area contributed by atoms with E-state index in [1.807, 2.05) is 0 Å². The zero-order chi connectivity index (χ0) is 14.8. The number of piperazine rings is 1. The summed E-state index contributed by atoms with van der Waals surface area (Å²) >= 11 is 0. The highest BCUT2D eigenvalue weighted by atomic mass is 15.3. The van der Waals surface area contributed by atoms with Gasteiger partial charge >= 0.3 is 0 Å². The molecule has 2 N–H and O–H groups in total. The van der Waals surface area contributed by atoms with Crippen LogP contribution < -0.4 is 5.73 Å². The summed E-state index contributed by atoms with van der Waals surface area (Å²) in [5.41, 5.74) is 9.10. The van der Waals surface area contributed by atoms with E-state index in [1.165, 1.54) is 50.1 Å². The lowest BCUT2D eigenvalue weighted by Crippen LogP contribution is -2.51. The van der Waals surface area contributed by atoms with Crippen LogP contribution in [0.5, 0.6) is 0 Å². The molecular formula is C18H29N3. The molecule has 0 aromatic heterocycles. The molecule has 2 atom stereocenters. The van der Waals surface area contributed by atoms with Gasteiger partial charge in [0.2, 0.25) is 0 Å². The fourth-order valence-corrected chi connectivity index (χ4v) is 3.73. The number of rotatable bonds is 4. The van der Waals surface area contributed by atoms with Gasteiger partial charge in [0.15, 0.2) is 0 Å². The lowest BCUT2D eigenvalue weighted by molar-refractivity contribution is 0.0998. The van der Waals surface area contributed by atoms with Crippen molar-refractivity contribution in [2.24, 2.45) is 5.73 Å². The molecule has 3 nitrogen and oxygen atoms in total. The van der Waals surface area contributed by atoms with Crippen LogP contribution in [0.15, 0.2) is 24.3 Å². The van der Waals surface area contributed by atoms with Gasteiger partial charge in [-0.15, -0.1) is 0 Å². The van der Waals surface area contributed by atoms with Crippen LogP contribution in [-0.4, -0.2) is 48.6 Å². The molecule has 0 aliphatic carbocycles. The van der Waals surface area contributed by atoms with Crippen LogP contribution in [-0.2, 0) is 0 Å². The highest BCUT2D eigenvalue weighted by Gasteiger charge is 2.30. The molecule has 2 aliphatic heterocycles. The van der Waals surface area contributed by atoms with Gasteiger partial charge < -0.3 is 5.73 Å². The lowest BCUT2D eigenvalue weighted by Gasteiger charge is -2.38. The maximum absolute atomic E-state index is 6.43. The standard InChI is InChI=1S/C18H29N3/c1-14(2)15-5-7-16(8-6-15)18(19)13-20-10-11-21-9-3-4-17(21)12-20/h5-8,14,17-18H,3-4,9-13,19H2,1-2H3. The van der Waals surface area contributed by atoms with Crippen LogP contribution in [0.1, 0.15) is 49.8 Å². The predicted molar refractivity (Wildman–Crippen MR) is 88.5 cm³/mol. The van der Waals surface area contributed by atoms with Gasteiger partial charge in [0.05, 0.1) is 0 Å². The van der Waals surface area contributed by atoms with E-state index in [1.54, 1.807) is 0 Å². The highest BCUT2D eigenvalue weighted by Crippen LogP contribution is 2.23. The van der Waals surface area contributed by atoms with E-state index >= 15 is 0 Å². The Bertz CT molecular complexity index is 454. The molecule has 0 amide bonds. The third-order valence-electron chi connectivity index (χ3n) is 5.16. The number of benzene rings is 1. The average molecular weight is 287 g/mol. The molecule has 2 aliphatic rings. The average Bonchev–Trinajstić information content (AvgIpc) is 2.95. The number of nitrogens with two attached hydrogens (primary N) is 1. The van der Waals surface area contributed by atoms with Crippen LogP contribution >= 0.6 is 0 Å². The topological polar surface area (TPSA) is 32.5 Å². The van der Waals surface area contributed by atoms with Crippen molar-refractivity contribution in [2.45, 2.75) is 44.7 Å². The van der Waals surface area contributed by atoms with Gasteiger partial charge in [0, 0.05) is 38.3 Å². The van der Waals surface area contributed by atoms with Crippen molar-refractivity contribution in [3.63, 3.8) is 0 Å². The molecule has 3 rings (SSSR count). The second-order valence-electron chi connectivity index (χ2n) is 7.02. The van der Waals surface area contributed by atoms with Gasteiger partial charge in [-0.05, 0) is 36.4 Å². The zero-order valence-corrected chi connectivity index (χ0v) is 13.5. The minimum atomic E-state index is 0.138. The van der Waals surface area contributed by atoms with Crippen LogP contribution in [0.3, 0.4) is 0 Å². The molecule has 116 valence electrons. The Labute approximate surface area is 129 Å². The molecule has 2 heterocycles. The first-order valence-electron chi connectivity index (χ1n) is 8.45. The van der Waals surface area contributed by atoms with Crippen molar-refractivity contribution in [2.75, 3.05) is 32.7 Å². The maximum Gasteiger partial charge on any atom is 0.0424 e. The molecule has 0 saturated carbocycles. The third kappa shape index (κ3) is 3.47. The summed E-state index contributed by atoms with van der Waals surface area (Å²) in [6.45, 7) is 10.4. The summed E-state index contributed by atoms with van der Waals surface area (Å²) < 4.78 is 0. The van der Waals surface area contributed by atoms with Crippen LogP contribution in [0.2, 0.25) is 0 Å². The lowest BCUT2D eigenvalue weighted by atomic mass is 9.99. The van der Waals surface area contributed by atoms with Crippen molar-refractivity contribution in [1.29, 1.82) is 0 Å². The van der Waals surface area contributed by atoms with E-state index in [0.29, 0.717) is 5.92 Å². The Morgan fingerprint density at radius 3 is 2.52 bits per heavy atom. The number of hydrogen-bond acceptors (Lipinski definition) is 3. The molecule has 2 fully saturated rings.